The van der Waals surface area contributed by atoms with Gasteiger partial charge in [-0.1, -0.05) is 47.6 Å². The second kappa shape index (κ2) is 19.2. The second-order valence-electron chi connectivity index (χ2n) is 16.8. The number of amides is 2. The van der Waals surface area contributed by atoms with Crippen molar-refractivity contribution < 1.29 is 57.5 Å². The Kier molecular flexibility index (Phi) is 15.1. The molecule has 1 aliphatic heterocycles. The molecule has 0 radical (unpaired) electrons. The monoisotopic (exact) mass is 934 g/mol. The zero-order valence-electron chi connectivity index (χ0n) is 36.3. The van der Waals surface area contributed by atoms with Gasteiger partial charge in [-0.05, 0) is 137 Å². The highest BCUT2D eigenvalue weighted by atomic mass is 32.2. The summed E-state index contributed by atoms with van der Waals surface area (Å²) >= 11 is 0. The molecule has 2 unspecified atom stereocenters. The van der Waals surface area contributed by atoms with Gasteiger partial charge in [-0.3, -0.25) is 9.59 Å². The van der Waals surface area contributed by atoms with Gasteiger partial charge in [0.15, 0.2) is 15.6 Å². The largest absolute Gasteiger partial charge is 0.344 e. The van der Waals surface area contributed by atoms with E-state index in [9.17, 15) is 34.8 Å². The Bertz CT molecular complexity index is 2720. The quantitative estimate of drug-likeness (QED) is 0.106. The van der Waals surface area contributed by atoms with Crippen molar-refractivity contribution in [2.24, 2.45) is 0 Å². The highest BCUT2D eigenvalue weighted by Crippen LogP contribution is 2.37. The van der Waals surface area contributed by atoms with E-state index in [-0.39, 0.29) is 40.4 Å². The standard InChI is InChI=1S/C45H53F3N2O10S3/c1-26(2)35-20-31(46)22-37(39(35)24-43(51)49-62(55,56)34-14-12-33(13-15-34)61(8,53)54)28(5)9-10-29(6)38-23-32(47)21-36(27(3)4)40(38)25-44(52)50-63(57,58)42-19-30(11-16-41(42)48)45(7)59-17-18-60-45/h11-16,19-23,26-29H,9-10,17-18,24-25H2,1-8H3,(H,49,51)(H,50,52). The van der Waals surface area contributed by atoms with Crippen LogP contribution in [0.2, 0.25) is 0 Å². The Morgan fingerprint density at radius 2 is 1.03 bits per heavy atom. The van der Waals surface area contributed by atoms with E-state index in [0.717, 1.165) is 42.7 Å². The van der Waals surface area contributed by atoms with Crippen LogP contribution in [-0.4, -0.2) is 56.5 Å². The molecule has 2 amide bonds. The number of hydrogen-bond donors (Lipinski definition) is 2. The van der Waals surface area contributed by atoms with Gasteiger partial charge in [0.05, 0.1) is 35.8 Å². The summed E-state index contributed by atoms with van der Waals surface area (Å²) in [6.45, 7) is 12.9. The lowest BCUT2D eigenvalue weighted by Gasteiger charge is -2.25. The van der Waals surface area contributed by atoms with E-state index in [4.69, 9.17) is 9.47 Å². The van der Waals surface area contributed by atoms with Crippen LogP contribution in [0, 0.1) is 17.5 Å². The number of halogens is 3. The average Bonchev–Trinajstić information content (AvgIpc) is 3.64. The van der Waals surface area contributed by atoms with Crippen LogP contribution in [0.4, 0.5) is 13.2 Å². The zero-order chi connectivity index (χ0) is 46.8. The molecule has 5 rings (SSSR count). The molecule has 0 aromatic heterocycles. The number of sulfonamides is 2. The fourth-order valence-electron chi connectivity index (χ4n) is 7.83. The lowest BCUT2D eigenvalue weighted by atomic mass is 9.81. The van der Waals surface area contributed by atoms with Crippen LogP contribution < -0.4 is 9.44 Å². The molecule has 0 saturated carbocycles. The first-order chi connectivity index (χ1) is 29.2. The van der Waals surface area contributed by atoms with E-state index in [1.165, 1.54) is 30.3 Å². The molecule has 0 aliphatic carbocycles. The summed E-state index contributed by atoms with van der Waals surface area (Å²) in [4.78, 5) is 25.8. The van der Waals surface area contributed by atoms with Gasteiger partial charge in [0.2, 0.25) is 11.8 Å². The summed E-state index contributed by atoms with van der Waals surface area (Å²) in [7, 11) is -12.8. The number of carbonyl (C=O) groups is 2. The lowest BCUT2D eigenvalue weighted by Crippen LogP contribution is -2.33. The van der Waals surface area contributed by atoms with Gasteiger partial charge in [0, 0.05) is 11.8 Å². The van der Waals surface area contributed by atoms with Gasteiger partial charge in [0.1, 0.15) is 22.3 Å². The topological polar surface area (TPSA) is 179 Å². The number of ether oxygens (including phenoxy) is 2. The van der Waals surface area contributed by atoms with Gasteiger partial charge in [-0.15, -0.1) is 0 Å². The summed E-state index contributed by atoms with van der Waals surface area (Å²) < 4.78 is 138. The molecule has 4 aromatic carbocycles. The van der Waals surface area contributed by atoms with Crippen molar-refractivity contribution in [1.82, 2.24) is 9.44 Å². The normalized spacial score (nSPS) is 15.4. The zero-order valence-corrected chi connectivity index (χ0v) is 38.8. The van der Waals surface area contributed by atoms with E-state index in [1.54, 1.807) is 34.6 Å². The number of sulfone groups is 1. The van der Waals surface area contributed by atoms with Crippen molar-refractivity contribution in [1.29, 1.82) is 0 Å². The molecule has 4 aromatic rings. The van der Waals surface area contributed by atoms with Gasteiger partial charge in [-0.2, -0.15) is 0 Å². The number of benzene rings is 4. The van der Waals surface area contributed by atoms with Gasteiger partial charge in [-0.25, -0.2) is 47.9 Å². The number of hydrogen-bond acceptors (Lipinski definition) is 10. The summed E-state index contributed by atoms with van der Waals surface area (Å²) in [5.41, 5.74) is 2.91. The van der Waals surface area contributed by atoms with Crippen LogP contribution in [0.5, 0.6) is 0 Å². The number of nitrogens with one attached hydrogen (secondary N) is 2. The smallest absolute Gasteiger partial charge is 0.266 e. The Labute approximate surface area is 368 Å². The molecule has 12 nitrogen and oxygen atoms in total. The maximum atomic E-state index is 15.3. The summed E-state index contributed by atoms with van der Waals surface area (Å²) in [6.07, 6.45) is 0.773. The van der Waals surface area contributed by atoms with Crippen LogP contribution in [0.15, 0.2) is 81.4 Å². The van der Waals surface area contributed by atoms with Gasteiger partial charge >= 0.3 is 0 Å². The Morgan fingerprint density at radius 1 is 0.619 bits per heavy atom. The lowest BCUT2D eigenvalue weighted by molar-refractivity contribution is -0.149. The molecule has 18 heteroatoms. The van der Waals surface area contributed by atoms with Crippen LogP contribution in [0.1, 0.15) is 124 Å². The van der Waals surface area contributed by atoms with E-state index in [1.807, 2.05) is 23.3 Å². The average molecular weight is 935 g/mol. The van der Waals surface area contributed by atoms with Gasteiger partial charge < -0.3 is 9.47 Å². The van der Waals surface area contributed by atoms with Crippen molar-refractivity contribution in [2.75, 3.05) is 19.5 Å². The summed E-state index contributed by atoms with van der Waals surface area (Å²) in [5.74, 6) is -6.85. The fraction of sp³-hybridized carbons (Fsp3) is 0.422. The molecular formula is C45H53F3N2O10S3. The molecular weight excluding hydrogens is 882 g/mol. The molecule has 2 N–H and O–H groups in total. The van der Waals surface area contributed by atoms with Crippen molar-refractivity contribution in [3.63, 3.8) is 0 Å². The first-order valence-electron chi connectivity index (χ1n) is 20.4. The summed E-state index contributed by atoms with van der Waals surface area (Å²) in [5, 5.41) is 0. The predicted molar refractivity (Wildman–Crippen MR) is 230 cm³/mol. The number of carbonyl (C=O) groups excluding carboxylic acids is 2. The predicted octanol–water partition coefficient (Wildman–Crippen LogP) is 7.76. The van der Waals surface area contributed by atoms with Crippen LogP contribution in [0.25, 0.3) is 0 Å². The molecule has 1 saturated heterocycles. The van der Waals surface area contributed by atoms with Crippen molar-refractivity contribution in [3.05, 3.63) is 123 Å². The van der Waals surface area contributed by atoms with Crippen molar-refractivity contribution in [2.45, 2.75) is 118 Å². The molecule has 0 bridgehead atoms. The van der Waals surface area contributed by atoms with Crippen molar-refractivity contribution >= 4 is 41.7 Å². The Morgan fingerprint density at radius 3 is 1.46 bits per heavy atom. The third-order valence-corrected chi connectivity index (χ3v) is 15.1. The minimum absolute atomic E-state index is 0.102. The molecule has 1 heterocycles. The molecule has 342 valence electrons. The van der Waals surface area contributed by atoms with Crippen LogP contribution in [-0.2, 0) is 67.6 Å². The molecule has 1 aliphatic rings. The van der Waals surface area contributed by atoms with Crippen molar-refractivity contribution in [3.8, 4) is 0 Å². The highest BCUT2D eigenvalue weighted by Gasteiger charge is 2.35. The Balaban J connectivity index is 1.38. The fourth-order valence-corrected chi connectivity index (χ4v) is 10.5. The number of rotatable bonds is 17. The highest BCUT2D eigenvalue weighted by molar-refractivity contribution is 7.91. The molecule has 63 heavy (non-hydrogen) atoms. The SMILES string of the molecule is CC(C)c1cc(F)cc(C(C)CCC(C)c2cc(F)cc(C(C)C)c2CC(=O)NS(=O)(=O)c2cc(C3(C)OCCO3)ccc2F)c1CC(=O)NS(=O)(=O)c1ccc(S(C)(=O)=O)cc1. The van der Waals surface area contributed by atoms with E-state index >= 15 is 13.2 Å². The maximum absolute atomic E-state index is 15.3. The minimum atomic E-state index is -4.74. The third kappa shape index (κ3) is 11.8. The maximum Gasteiger partial charge on any atom is 0.266 e. The summed E-state index contributed by atoms with van der Waals surface area (Å²) in [6, 6.07) is 12.9. The van der Waals surface area contributed by atoms with Gasteiger partial charge in [0.25, 0.3) is 20.0 Å². The Hall–Kier alpha value is -4.62. The van der Waals surface area contributed by atoms with E-state index < -0.39 is 94.5 Å². The van der Waals surface area contributed by atoms with Crippen LogP contribution >= 0.6 is 0 Å². The second-order valence-corrected chi connectivity index (χ2v) is 22.1. The first kappa shape index (κ1) is 49.4. The molecule has 0 spiro atoms. The first-order valence-corrected chi connectivity index (χ1v) is 25.2. The third-order valence-electron chi connectivity index (χ3n) is 11.2. The van der Waals surface area contributed by atoms with Crippen LogP contribution in [0.3, 0.4) is 0 Å². The van der Waals surface area contributed by atoms with E-state index in [2.05, 4.69) is 0 Å². The molecule has 2 atom stereocenters. The van der Waals surface area contributed by atoms with E-state index in [0.29, 0.717) is 46.2 Å². The minimum Gasteiger partial charge on any atom is -0.344 e. The molecule has 1 fully saturated rings.